The second kappa shape index (κ2) is 6.62. The third kappa shape index (κ3) is 3.67. The minimum Gasteiger partial charge on any atom is -0.492 e. The topological polar surface area (TPSA) is 26.3 Å². The highest BCUT2D eigenvalue weighted by Gasteiger charge is 2.06. The van der Waals surface area contributed by atoms with E-state index in [1.54, 1.807) is 6.07 Å². The molecule has 0 aliphatic rings. The van der Waals surface area contributed by atoms with Crippen LogP contribution in [-0.4, -0.2) is 12.9 Å². The third-order valence-corrected chi connectivity index (χ3v) is 2.74. The molecule has 0 amide bonds. The first-order valence-corrected chi connectivity index (χ1v) is 5.95. The molecule has 1 aromatic carbocycles. The van der Waals surface area contributed by atoms with Gasteiger partial charge in [0.25, 0.3) is 0 Å². The molecule has 0 saturated carbocycles. The number of carbonyl (C=O) groups excluding carboxylic acids is 1. The van der Waals surface area contributed by atoms with Crippen molar-refractivity contribution in [3.05, 3.63) is 28.2 Å². The molecular formula is C12H15BrO2. The maximum absolute atomic E-state index is 10.8. The molecule has 15 heavy (non-hydrogen) atoms. The van der Waals surface area contributed by atoms with E-state index in [1.807, 2.05) is 12.1 Å². The Labute approximate surface area is 98.8 Å². The molecule has 2 nitrogen and oxygen atoms in total. The van der Waals surface area contributed by atoms with Crippen molar-refractivity contribution in [2.75, 3.05) is 6.61 Å². The highest BCUT2D eigenvalue weighted by Crippen LogP contribution is 2.28. The van der Waals surface area contributed by atoms with Crippen molar-refractivity contribution in [1.29, 1.82) is 0 Å². The molecule has 1 aromatic rings. The fourth-order valence-electron chi connectivity index (χ4n) is 1.30. The lowest BCUT2D eigenvalue weighted by atomic mass is 10.2. The Balaban J connectivity index is 2.62. The van der Waals surface area contributed by atoms with Gasteiger partial charge in [0.15, 0.2) is 6.29 Å². The Hall–Kier alpha value is -0.830. The van der Waals surface area contributed by atoms with E-state index in [1.165, 1.54) is 6.42 Å². The molecule has 3 heteroatoms. The van der Waals surface area contributed by atoms with Gasteiger partial charge in [-0.05, 0) is 34.5 Å². The lowest BCUT2D eigenvalue weighted by molar-refractivity contribution is 0.111. The van der Waals surface area contributed by atoms with Gasteiger partial charge in [-0.1, -0.05) is 25.8 Å². The van der Waals surface area contributed by atoms with Crippen LogP contribution in [0.15, 0.2) is 22.7 Å². The molecule has 0 spiro atoms. The number of aldehydes is 1. The molecule has 0 heterocycles. The minimum atomic E-state index is 0.598. The Morgan fingerprint density at radius 2 is 2.20 bits per heavy atom. The Morgan fingerprint density at radius 1 is 1.40 bits per heavy atom. The zero-order valence-electron chi connectivity index (χ0n) is 8.83. The van der Waals surface area contributed by atoms with Gasteiger partial charge in [0.2, 0.25) is 0 Å². The van der Waals surface area contributed by atoms with Gasteiger partial charge < -0.3 is 4.74 Å². The highest BCUT2D eigenvalue weighted by molar-refractivity contribution is 9.10. The van der Waals surface area contributed by atoms with Gasteiger partial charge in [0, 0.05) is 0 Å². The molecule has 0 bridgehead atoms. The van der Waals surface area contributed by atoms with Crippen molar-refractivity contribution < 1.29 is 9.53 Å². The van der Waals surface area contributed by atoms with Gasteiger partial charge in [0.05, 0.1) is 16.6 Å². The number of unbranched alkanes of at least 4 members (excludes halogenated alkanes) is 2. The van der Waals surface area contributed by atoms with E-state index >= 15 is 0 Å². The lowest BCUT2D eigenvalue weighted by Crippen LogP contribution is -2.00. The smallest absolute Gasteiger partial charge is 0.153 e. The summed E-state index contributed by atoms with van der Waals surface area (Å²) in [6.45, 7) is 2.81. The van der Waals surface area contributed by atoms with Crippen LogP contribution in [0.2, 0.25) is 0 Å². The van der Waals surface area contributed by atoms with Crippen LogP contribution in [0.4, 0.5) is 0 Å². The van der Waals surface area contributed by atoms with Crippen LogP contribution >= 0.6 is 15.9 Å². The third-order valence-electron chi connectivity index (χ3n) is 2.12. The molecule has 0 aliphatic heterocycles. The zero-order valence-corrected chi connectivity index (χ0v) is 10.4. The molecule has 0 fully saturated rings. The van der Waals surface area contributed by atoms with Crippen molar-refractivity contribution >= 4 is 22.2 Å². The SMILES string of the molecule is CCCCCOc1c(Br)cccc1C=O. The van der Waals surface area contributed by atoms with Crippen LogP contribution in [0, 0.1) is 0 Å². The van der Waals surface area contributed by atoms with Crippen LogP contribution in [0.1, 0.15) is 36.5 Å². The lowest BCUT2D eigenvalue weighted by Gasteiger charge is -2.09. The number of carbonyl (C=O) groups is 1. The summed E-state index contributed by atoms with van der Waals surface area (Å²) in [4.78, 5) is 10.8. The number of benzene rings is 1. The Kier molecular flexibility index (Phi) is 5.40. The summed E-state index contributed by atoms with van der Waals surface area (Å²) in [5.41, 5.74) is 0.598. The van der Waals surface area contributed by atoms with E-state index < -0.39 is 0 Å². The first-order chi connectivity index (χ1) is 7.29. The molecular weight excluding hydrogens is 256 g/mol. The molecule has 0 N–H and O–H groups in total. The van der Waals surface area contributed by atoms with E-state index in [-0.39, 0.29) is 0 Å². The average Bonchev–Trinajstić information content (AvgIpc) is 2.26. The Morgan fingerprint density at radius 3 is 2.87 bits per heavy atom. The quantitative estimate of drug-likeness (QED) is 0.580. The first kappa shape index (κ1) is 12.2. The van der Waals surface area contributed by atoms with Crippen molar-refractivity contribution in [2.24, 2.45) is 0 Å². The Bertz CT molecular complexity index is 323. The van der Waals surface area contributed by atoms with Gasteiger partial charge in [-0.25, -0.2) is 0 Å². The normalized spacial score (nSPS) is 10.0. The number of rotatable bonds is 6. The molecule has 0 atom stereocenters. The molecule has 1 rings (SSSR count). The summed E-state index contributed by atoms with van der Waals surface area (Å²) in [5, 5.41) is 0. The van der Waals surface area contributed by atoms with E-state index in [2.05, 4.69) is 22.9 Å². The summed E-state index contributed by atoms with van der Waals surface area (Å²) in [6.07, 6.45) is 4.16. The van der Waals surface area contributed by atoms with Crippen molar-refractivity contribution in [3.63, 3.8) is 0 Å². The molecule has 82 valence electrons. The number of halogens is 1. The van der Waals surface area contributed by atoms with Gasteiger partial charge in [-0.15, -0.1) is 0 Å². The van der Waals surface area contributed by atoms with E-state index in [0.717, 1.165) is 23.6 Å². The molecule has 0 aromatic heterocycles. The van der Waals surface area contributed by atoms with Crippen LogP contribution in [-0.2, 0) is 0 Å². The van der Waals surface area contributed by atoms with Crippen LogP contribution in [0.3, 0.4) is 0 Å². The van der Waals surface area contributed by atoms with Gasteiger partial charge in [-0.2, -0.15) is 0 Å². The number of hydrogen-bond acceptors (Lipinski definition) is 2. The predicted molar refractivity (Wildman–Crippen MR) is 64.5 cm³/mol. The van der Waals surface area contributed by atoms with E-state index in [0.29, 0.717) is 17.9 Å². The van der Waals surface area contributed by atoms with Crippen molar-refractivity contribution in [1.82, 2.24) is 0 Å². The van der Waals surface area contributed by atoms with Crippen molar-refractivity contribution in [2.45, 2.75) is 26.2 Å². The van der Waals surface area contributed by atoms with Crippen LogP contribution < -0.4 is 4.74 Å². The molecule has 0 aliphatic carbocycles. The largest absolute Gasteiger partial charge is 0.492 e. The minimum absolute atomic E-state index is 0.598. The van der Waals surface area contributed by atoms with Crippen LogP contribution in [0.25, 0.3) is 0 Å². The summed E-state index contributed by atoms with van der Waals surface area (Å²) < 4.78 is 6.42. The number of para-hydroxylation sites is 1. The van der Waals surface area contributed by atoms with Crippen LogP contribution in [0.5, 0.6) is 5.75 Å². The number of ether oxygens (including phenoxy) is 1. The van der Waals surface area contributed by atoms with Gasteiger partial charge >= 0.3 is 0 Å². The molecule has 0 radical (unpaired) electrons. The monoisotopic (exact) mass is 270 g/mol. The van der Waals surface area contributed by atoms with E-state index in [9.17, 15) is 4.79 Å². The summed E-state index contributed by atoms with van der Waals surface area (Å²) in [6, 6.07) is 5.46. The fraction of sp³-hybridized carbons (Fsp3) is 0.417. The van der Waals surface area contributed by atoms with Gasteiger partial charge in [-0.3, -0.25) is 4.79 Å². The maximum atomic E-state index is 10.8. The second-order valence-electron chi connectivity index (χ2n) is 3.33. The maximum Gasteiger partial charge on any atom is 0.153 e. The zero-order chi connectivity index (χ0) is 11.1. The first-order valence-electron chi connectivity index (χ1n) is 5.16. The molecule has 0 unspecified atom stereocenters. The summed E-state index contributed by atoms with van der Waals surface area (Å²) >= 11 is 3.37. The summed E-state index contributed by atoms with van der Waals surface area (Å²) in [7, 11) is 0. The second-order valence-corrected chi connectivity index (χ2v) is 4.19. The number of hydrogen-bond donors (Lipinski definition) is 0. The van der Waals surface area contributed by atoms with Gasteiger partial charge in [0.1, 0.15) is 5.75 Å². The molecule has 0 saturated heterocycles. The average molecular weight is 271 g/mol. The standard InChI is InChI=1S/C12H15BrO2/c1-2-3-4-8-15-12-10(9-14)6-5-7-11(12)13/h5-7,9H,2-4,8H2,1H3. The van der Waals surface area contributed by atoms with Crippen molar-refractivity contribution in [3.8, 4) is 5.75 Å². The highest BCUT2D eigenvalue weighted by atomic mass is 79.9. The predicted octanol–water partition coefficient (Wildman–Crippen LogP) is 3.83. The van der Waals surface area contributed by atoms with E-state index in [4.69, 9.17) is 4.74 Å². The summed E-state index contributed by atoms with van der Waals surface area (Å²) in [5.74, 6) is 0.656. The fourth-order valence-corrected chi connectivity index (χ4v) is 1.79.